The molecule has 1 aliphatic rings. The molecule has 1 N–H and O–H groups in total. The molecule has 0 fully saturated rings. The Balaban J connectivity index is 1.95. The van der Waals surface area contributed by atoms with E-state index in [4.69, 9.17) is 9.47 Å². The molecule has 138 valence electrons. The topological polar surface area (TPSA) is 64.6 Å². The highest BCUT2D eigenvalue weighted by molar-refractivity contribution is 7.17. The summed E-state index contributed by atoms with van der Waals surface area (Å²) >= 11 is 1.47. The highest BCUT2D eigenvalue weighted by Gasteiger charge is 2.29. The van der Waals surface area contributed by atoms with Crippen LogP contribution < -0.4 is 10.1 Å². The monoisotopic (exact) mass is 373 g/mol. The van der Waals surface area contributed by atoms with Crippen molar-refractivity contribution in [3.8, 4) is 5.75 Å². The molecule has 1 amide bonds. The first-order chi connectivity index (χ1) is 12.3. The molecule has 0 bridgehead atoms. The van der Waals surface area contributed by atoms with Gasteiger partial charge in [-0.15, -0.1) is 11.3 Å². The third-order valence-corrected chi connectivity index (χ3v) is 5.30. The van der Waals surface area contributed by atoms with Gasteiger partial charge in [0.25, 0.3) is 0 Å². The van der Waals surface area contributed by atoms with Gasteiger partial charge < -0.3 is 9.47 Å². The molecular weight excluding hydrogens is 350 g/mol. The van der Waals surface area contributed by atoms with Crippen molar-refractivity contribution in [2.24, 2.45) is 0 Å². The Hall–Kier alpha value is -2.34. The van der Waals surface area contributed by atoms with Crippen LogP contribution >= 0.6 is 11.3 Å². The summed E-state index contributed by atoms with van der Waals surface area (Å²) in [6.45, 7) is 5.43. The second-order valence-corrected chi connectivity index (χ2v) is 8.35. The molecule has 5 nitrogen and oxygen atoms in total. The number of anilines is 1. The second kappa shape index (κ2) is 7.11. The number of hydrogen-bond donors (Lipinski definition) is 1. The van der Waals surface area contributed by atoms with Crippen molar-refractivity contribution < 1.29 is 19.1 Å². The van der Waals surface area contributed by atoms with E-state index < -0.39 is 11.7 Å². The number of methoxy groups -OCH3 is 1. The van der Waals surface area contributed by atoms with Crippen LogP contribution in [0.5, 0.6) is 5.75 Å². The molecule has 26 heavy (non-hydrogen) atoms. The van der Waals surface area contributed by atoms with Gasteiger partial charge >= 0.3 is 6.09 Å². The van der Waals surface area contributed by atoms with Crippen LogP contribution in [0.25, 0.3) is 0 Å². The van der Waals surface area contributed by atoms with E-state index in [1.165, 1.54) is 16.2 Å². The average Bonchev–Trinajstić information content (AvgIpc) is 3.13. The largest absolute Gasteiger partial charge is 0.497 e. The van der Waals surface area contributed by atoms with Crippen molar-refractivity contribution in [3.63, 3.8) is 0 Å². The van der Waals surface area contributed by atoms with Crippen LogP contribution in [0, 0.1) is 0 Å². The summed E-state index contributed by atoms with van der Waals surface area (Å²) in [6.07, 6.45) is 2.28. The van der Waals surface area contributed by atoms with E-state index in [0.717, 1.165) is 24.8 Å². The highest BCUT2D eigenvalue weighted by Crippen LogP contribution is 2.40. The van der Waals surface area contributed by atoms with Crippen LogP contribution in [-0.2, 0) is 17.6 Å². The maximum absolute atomic E-state index is 13.2. The molecule has 2 aromatic rings. The maximum Gasteiger partial charge on any atom is 0.412 e. The first kappa shape index (κ1) is 18.5. The SMILES string of the molecule is COc1cccc(C(=O)c2c(NC(=O)OC(C)(C)C)sc3c2CCC3)c1. The minimum Gasteiger partial charge on any atom is -0.497 e. The van der Waals surface area contributed by atoms with Gasteiger partial charge in [0.05, 0.1) is 12.7 Å². The van der Waals surface area contributed by atoms with Crippen LogP contribution in [0.1, 0.15) is 53.6 Å². The molecule has 1 aliphatic carbocycles. The minimum atomic E-state index is -0.596. The number of rotatable bonds is 4. The lowest BCUT2D eigenvalue weighted by atomic mass is 10.00. The molecule has 0 saturated heterocycles. The van der Waals surface area contributed by atoms with Crippen LogP contribution in [0.3, 0.4) is 0 Å². The number of carbonyl (C=O) groups is 2. The van der Waals surface area contributed by atoms with E-state index in [1.54, 1.807) is 31.4 Å². The summed E-state index contributed by atoms with van der Waals surface area (Å²) in [5, 5.41) is 3.35. The summed E-state index contributed by atoms with van der Waals surface area (Å²) in [5.41, 5.74) is 1.58. The predicted molar refractivity (Wildman–Crippen MR) is 103 cm³/mol. The molecule has 1 aromatic carbocycles. The molecule has 0 saturated carbocycles. The lowest BCUT2D eigenvalue weighted by Crippen LogP contribution is -2.27. The quantitative estimate of drug-likeness (QED) is 0.780. The first-order valence-electron chi connectivity index (χ1n) is 8.62. The van der Waals surface area contributed by atoms with Crippen molar-refractivity contribution in [1.82, 2.24) is 0 Å². The van der Waals surface area contributed by atoms with Crippen molar-refractivity contribution in [2.75, 3.05) is 12.4 Å². The Labute approximate surface area is 157 Å². The van der Waals surface area contributed by atoms with Gasteiger partial charge in [0, 0.05) is 10.4 Å². The summed E-state index contributed by atoms with van der Waals surface area (Å²) in [7, 11) is 1.57. The fourth-order valence-electron chi connectivity index (χ4n) is 3.04. The fraction of sp³-hybridized carbons (Fsp3) is 0.400. The highest BCUT2D eigenvalue weighted by atomic mass is 32.1. The Bertz CT molecular complexity index is 848. The standard InChI is InChI=1S/C20H23NO4S/c1-20(2,3)25-19(23)21-18-16(14-9-6-10-15(14)26-18)17(22)12-7-5-8-13(11-12)24-4/h5,7-8,11H,6,9-10H2,1-4H3,(H,21,23). The van der Waals surface area contributed by atoms with Crippen molar-refractivity contribution in [2.45, 2.75) is 45.6 Å². The van der Waals surface area contributed by atoms with Gasteiger partial charge in [-0.05, 0) is 57.7 Å². The van der Waals surface area contributed by atoms with Gasteiger partial charge in [-0.25, -0.2) is 4.79 Å². The van der Waals surface area contributed by atoms with Crippen LogP contribution in [0.4, 0.5) is 9.80 Å². The third-order valence-electron chi connectivity index (χ3n) is 4.09. The Morgan fingerprint density at radius 1 is 1.19 bits per heavy atom. The number of thiophene rings is 1. The Kier molecular flexibility index (Phi) is 5.05. The van der Waals surface area contributed by atoms with E-state index in [9.17, 15) is 9.59 Å². The molecule has 1 heterocycles. The average molecular weight is 373 g/mol. The van der Waals surface area contributed by atoms with Gasteiger partial charge in [-0.1, -0.05) is 12.1 Å². The van der Waals surface area contributed by atoms with E-state index in [2.05, 4.69) is 5.32 Å². The summed E-state index contributed by atoms with van der Waals surface area (Å²) < 4.78 is 10.6. The van der Waals surface area contributed by atoms with Crippen LogP contribution in [-0.4, -0.2) is 24.6 Å². The minimum absolute atomic E-state index is 0.102. The number of aryl methyl sites for hydroxylation is 1. The number of ether oxygens (including phenoxy) is 2. The number of hydrogen-bond acceptors (Lipinski definition) is 5. The summed E-state index contributed by atoms with van der Waals surface area (Å²) in [5.74, 6) is 0.527. The molecular formula is C20H23NO4S. The fourth-order valence-corrected chi connectivity index (χ4v) is 4.31. The number of ketones is 1. The number of amides is 1. The van der Waals surface area contributed by atoms with Gasteiger partial charge in [-0.2, -0.15) is 0 Å². The van der Waals surface area contributed by atoms with E-state index in [0.29, 0.717) is 21.9 Å². The summed E-state index contributed by atoms with van der Waals surface area (Å²) in [4.78, 5) is 26.6. The van der Waals surface area contributed by atoms with Crippen molar-refractivity contribution in [1.29, 1.82) is 0 Å². The predicted octanol–water partition coefficient (Wildman–Crippen LogP) is 4.82. The second-order valence-electron chi connectivity index (χ2n) is 7.25. The zero-order chi connectivity index (χ0) is 18.9. The molecule has 0 radical (unpaired) electrons. The number of carbonyl (C=O) groups excluding carboxylic acids is 2. The van der Waals surface area contributed by atoms with Crippen LogP contribution in [0.15, 0.2) is 24.3 Å². The summed E-state index contributed by atoms with van der Waals surface area (Å²) in [6, 6.07) is 7.08. The molecule has 0 unspecified atom stereocenters. The smallest absolute Gasteiger partial charge is 0.412 e. The maximum atomic E-state index is 13.2. The van der Waals surface area contributed by atoms with Gasteiger partial charge in [0.15, 0.2) is 5.78 Å². The molecule has 3 rings (SSSR count). The third kappa shape index (κ3) is 3.90. The molecule has 0 spiro atoms. The molecule has 0 aliphatic heterocycles. The lowest BCUT2D eigenvalue weighted by molar-refractivity contribution is 0.0636. The molecule has 6 heteroatoms. The van der Waals surface area contributed by atoms with E-state index >= 15 is 0 Å². The van der Waals surface area contributed by atoms with E-state index in [1.807, 2.05) is 20.8 Å². The molecule has 0 atom stereocenters. The van der Waals surface area contributed by atoms with E-state index in [-0.39, 0.29) is 5.78 Å². The first-order valence-corrected chi connectivity index (χ1v) is 9.43. The Morgan fingerprint density at radius 3 is 2.65 bits per heavy atom. The lowest BCUT2D eigenvalue weighted by Gasteiger charge is -2.19. The normalized spacial score (nSPS) is 13.2. The Morgan fingerprint density at radius 2 is 1.96 bits per heavy atom. The zero-order valence-corrected chi connectivity index (χ0v) is 16.3. The van der Waals surface area contributed by atoms with Gasteiger partial charge in [0.1, 0.15) is 16.4 Å². The van der Waals surface area contributed by atoms with Gasteiger partial charge in [-0.3, -0.25) is 10.1 Å². The zero-order valence-electron chi connectivity index (χ0n) is 15.5. The van der Waals surface area contributed by atoms with Crippen LogP contribution in [0.2, 0.25) is 0 Å². The van der Waals surface area contributed by atoms with Gasteiger partial charge in [0.2, 0.25) is 0 Å². The number of nitrogens with one attached hydrogen (secondary N) is 1. The number of benzene rings is 1. The molecule has 1 aromatic heterocycles. The van der Waals surface area contributed by atoms with Crippen molar-refractivity contribution >= 4 is 28.2 Å². The van der Waals surface area contributed by atoms with Crippen molar-refractivity contribution in [3.05, 3.63) is 45.8 Å². The number of fused-ring (bicyclic) bond motifs is 1.